The van der Waals surface area contributed by atoms with E-state index in [1.54, 1.807) is 6.07 Å². The minimum atomic E-state index is -0.164. The maximum atomic E-state index is 13.4. The summed E-state index contributed by atoms with van der Waals surface area (Å²) in [7, 11) is 0. The van der Waals surface area contributed by atoms with Crippen LogP contribution in [0.5, 0.6) is 0 Å². The van der Waals surface area contributed by atoms with E-state index in [9.17, 15) is 4.39 Å². The van der Waals surface area contributed by atoms with Crippen molar-refractivity contribution in [3.63, 3.8) is 0 Å². The first-order valence-electron chi connectivity index (χ1n) is 4.86. The summed E-state index contributed by atoms with van der Waals surface area (Å²) >= 11 is 6.61. The largest absolute Gasteiger partial charge is 0.310 e. The lowest BCUT2D eigenvalue weighted by Gasteiger charge is -2.12. The highest BCUT2D eigenvalue weighted by Gasteiger charge is 2.04. The molecule has 0 aliphatic heterocycles. The molecule has 1 unspecified atom stereocenters. The van der Waals surface area contributed by atoms with Crippen molar-refractivity contribution in [2.24, 2.45) is 0 Å². The van der Waals surface area contributed by atoms with Gasteiger partial charge in [-0.25, -0.2) is 4.39 Å². The summed E-state index contributed by atoms with van der Waals surface area (Å²) in [6.07, 6.45) is 1.04. The highest BCUT2D eigenvalue weighted by atomic mass is 79.9. The second-order valence-corrected chi connectivity index (χ2v) is 5.20. The Morgan fingerprint density at radius 3 is 2.80 bits per heavy atom. The second kappa shape index (κ2) is 6.61. The van der Waals surface area contributed by atoms with Crippen molar-refractivity contribution in [2.45, 2.75) is 25.9 Å². The maximum absolute atomic E-state index is 13.4. The quantitative estimate of drug-likeness (QED) is 0.804. The van der Waals surface area contributed by atoms with Crippen LogP contribution in [0.4, 0.5) is 4.39 Å². The summed E-state index contributed by atoms with van der Waals surface area (Å²) in [5, 5.41) is 4.24. The fourth-order valence-electron chi connectivity index (χ4n) is 1.21. The van der Waals surface area contributed by atoms with Gasteiger partial charge < -0.3 is 5.32 Å². The number of benzene rings is 1. The summed E-state index contributed by atoms with van der Waals surface area (Å²) in [6, 6.07) is 5.54. The molecule has 84 valence electrons. The van der Waals surface area contributed by atoms with Gasteiger partial charge in [-0.1, -0.05) is 37.9 Å². The average Bonchev–Trinajstić information content (AvgIpc) is 2.17. The van der Waals surface area contributed by atoms with E-state index >= 15 is 0 Å². The molecule has 0 saturated heterocycles. The Morgan fingerprint density at radius 1 is 1.47 bits per heavy atom. The van der Waals surface area contributed by atoms with E-state index in [2.05, 4.69) is 44.1 Å². The van der Waals surface area contributed by atoms with Crippen LogP contribution < -0.4 is 5.32 Å². The van der Waals surface area contributed by atoms with Crippen LogP contribution in [0.2, 0.25) is 0 Å². The molecule has 4 heteroatoms. The number of hydrogen-bond acceptors (Lipinski definition) is 1. The molecule has 0 amide bonds. The molecule has 0 aliphatic rings. The Hall–Kier alpha value is 0.0700. The van der Waals surface area contributed by atoms with E-state index in [0.717, 1.165) is 16.2 Å². The van der Waals surface area contributed by atoms with Gasteiger partial charge in [0.1, 0.15) is 5.82 Å². The van der Waals surface area contributed by atoms with E-state index in [4.69, 9.17) is 0 Å². The van der Waals surface area contributed by atoms with Crippen LogP contribution in [0, 0.1) is 5.82 Å². The van der Waals surface area contributed by atoms with Crippen molar-refractivity contribution < 1.29 is 4.39 Å². The number of hydrogen-bond donors (Lipinski definition) is 1. The normalized spacial score (nSPS) is 12.8. The fraction of sp³-hybridized carbons (Fsp3) is 0.455. The highest BCUT2D eigenvalue weighted by molar-refractivity contribution is 9.10. The van der Waals surface area contributed by atoms with Gasteiger partial charge in [-0.05, 0) is 25.5 Å². The van der Waals surface area contributed by atoms with E-state index in [1.807, 2.05) is 6.07 Å². The highest BCUT2D eigenvalue weighted by Crippen LogP contribution is 2.15. The molecule has 0 spiro atoms. The zero-order valence-electron chi connectivity index (χ0n) is 8.56. The SMILES string of the molecule is CC(CCBr)NCc1ccc(Br)cc1F. The minimum Gasteiger partial charge on any atom is -0.310 e. The predicted octanol–water partition coefficient (Wildman–Crippen LogP) is 3.85. The smallest absolute Gasteiger partial charge is 0.128 e. The lowest BCUT2D eigenvalue weighted by atomic mass is 10.2. The molecule has 1 rings (SSSR count). The number of halogens is 3. The summed E-state index contributed by atoms with van der Waals surface area (Å²) in [5.41, 5.74) is 0.708. The molecule has 1 N–H and O–H groups in total. The number of rotatable bonds is 5. The molecule has 0 heterocycles. The molecule has 0 aliphatic carbocycles. The molecule has 0 radical (unpaired) electrons. The first kappa shape index (κ1) is 13.1. The molecule has 0 fully saturated rings. The van der Waals surface area contributed by atoms with Crippen molar-refractivity contribution in [3.8, 4) is 0 Å². The zero-order valence-corrected chi connectivity index (χ0v) is 11.7. The van der Waals surface area contributed by atoms with Gasteiger partial charge in [0, 0.05) is 28.0 Å². The van der Waals surface area contributed by atoms with Gasteiger partial charge >= 0.3 is 0 Å². The number of alkyl halides is 1. The molecule has 1 aromatic rings. The fourth-order valence-corrected chi connectivity index (χ4v) is 2.23. The molecule has 1 atom stereocenters. The van der Waals surface area contributed by atoms with Gasteiger partial charge in [0.15, 0.2) is 0 Å². The van der Waals surface area contributed by atoms with Crippen molar-refractivity contribution in [1.29, 1.82) is 0 Å². The van der Waals surface area contributed by atoms with E-state index in [-0.39, 0.29) is 5.82 Å². The van der Waals surface area contributed by atoms with Crippen LogP contribution in [0.3, 0.4) is 0 Å². The Balaban J connectivity index is 2.50. The summed E-state index contributed by atoms with van der Waals surface area (Å²) in [6.45, 7) is 2.67. The van der Waals surface area contributed by atoms with Crippen LogP contribution >= 0.6 is 31.9 Å². The van der Waals surface area contributed by atoms with Crippen molar-refractivity contribution in [2.75, 3.05) is 5.33 Å². The Bertz CT molecular complexity index is 317. The van der Waals surface area contributed by atoms with Gasteiger partial charge in [0.05, 0.1) is 0 Å². The topological polar surface area (TPSA) is 12.0 Å². The first-order valence-corrected chi connectivity index (χ1v) is 6.78. The maximum Gasteiger partial charge on any atom is 0.128 e. The lowest BCUT2D eigenvalue weighted by molar-refractivity contribution is 0.520. The molecule has 0 bridgehead atoms. The van der Waals surface area contributed by atoms with Crippen molar-refractivity contribution >= 4 is 31.9 Å². The molecule has 1 nitrogen and oxygen atoms in total. The third-order valence-corrected chi connectivity index (χ3v) is 3.15. The number of nitrogens with one attached hydrogen (secondary N) is 1. The van der Waals surface area contributed by atoms with Crippen LogP contribution in [0.15, 0.2) is 22.7 Å². The molecule has 0 aromatic heterocycles. The van der Waals surface area contributed by atoms with Crippen LogP contribution in [0.1, 0.15) is 18.9 Å². The Labute approximate surface area is 107 Å². The zero-order chi connectivity index (χ0) is 11.3. The van der Waals surface area contributed by atoms with Crippen LogP contribution in [-0.4, -0.2) is 11.4 Å². The first-order chi connectivity index (χ1) is 7.13. The van der Waals surface area contributed by atoms with Crippen molar-refractivity contribution in [1.82, 2.24) is 5.32 Å². The second-order valence-electron chi connectivity index (χ2n) is 3.50. The van der Waals surface area contributed by atoms with Gasteiger partial charge in [-0.3, -0.25) is 0 Å². The van der Waals surface area contributed by atoms with Crippen LogP contribution in [0.25, 0.3) is 0 Å². The van der Waals surface area contributed by atoms with Crippen LogP contribution in [-0.2, 0) is 6.54 Å². The molecule has 0 saturated carbocycles. The molecular weight excluding hydrogens is 325 g/mol. The molecular formula is C11H14Br2FN. The Morgan fingerprint density at radius 2 is 2.20 bits per heavy atom. The van der Waals surface area contributed by atoms with Crippen molar-refractivity contribution in [3.05, 3.63) is 34.1 Å². The van der Waals surface area contributed by atoms with E-state index < -0.39 is 0 Å². The summed E-state index contributed by atoms with van der Waals surface area (Å²) in [4.78, 5) is 0. The third kappa shape index (κ3) is 4.62. The van der Waals surface area contributed by atoms with Gasteiger partial charge in [-0.2, -0.15) is 0 Å². The minimum absolute atomic E-state index is 0.164. The summed E-state index contributed by atoms with van der Waals surface area (Å²) < 4.78 is 14.2. The van der Waals surface area contributed by atoms with E-state index in [1.165, 1.54) is 6.07 Å². The summed E-state index contributed by atoms with van der Waals surface area (Å²) in [5.74, 6) is -0.164. The molecule has 15 heavy (non-hydrogen) atoms. The average molecular weight is 339 g/mol. The Kier molecular flexibility index (Phi) is 5.79. The molecule has 1 aromatic carbocycles. The third-order valence-electron chi connectivity index (χ3n) is 2.20. The predicted molar refractivity (Wildman–Crippen MR) is 68.8 cm³/mol. The van der Waals surface area contributed by atoms with Gasteiger partial charge in [0.2, 0.25) is 0 Å². The standard InChI is InChI=1S/C11H14Br2FN/c1-8(4-5-12)15-7-9-2-3-10(13)6-11(9)14/h2-3,6,8,15H,4-5,7H2,1H3. The van der Waals surface area contributed by atoms with E-state index in [0.29, 0.717) is 18.2 Å². The lowest BCUT2D eigenvalue weighted by Crippen LogP contribution is -2.26. The van der Waals surface area contributed by atoms with Gasteiger partial charge in [0.25, 0.3) is 0 Å². The van der Waals surface area contributed by atoms with Gasteiger partial charge in [-0.15, -0.1) is 0 Å². The monoisotopic (exact) mass is 337 g/mol.